The highest BCUT2D eigenvalue weighted by atomic mass is 79.9. The molecule has 1 saturated carbocycles. The van der Waals surface area contributed by atoms with Crippen molar-refractivity contribution >= 4 is 33.7 Å². The van der Waals surface area contributed by atoms with Gasteiger partial charge in [-0.1, -0.05) is 47.3 Å². The van der Waals surface area contributed by atoms with Gasteiger partial charge in [-0.2, -0.15) is 5.06 Å². The molecule has 1 aliphatic carbocycles. The van der Waals surface area contributed by atoms with Crippen LogP contribution in [0.2, 0.25) is 0 Å². The molecule has 2 saturated heterocycles. The topological polar surface area (TPSA) is 102 Å². The number of nitrogens with two attached hydrogens (primary N) is 1. The fourth-order valence-electron chi connectivity index (χ4n) is 5.57. The number of imide groups is 1. The zero-order valence-electron chi connectivity index (χ0n) is 19.5. The van der Waals surface area contributed by atoms with E-state index in [0.717, 1.165) is 47.7 Å². The molecule has 2 aliphatic heterocycles. The minimum absolute atomic E-state index is 0.0576. The highest BCUT2D eigenvalue weighted by Gasteiger charge is 2.61. The molecule has 3 unspecified atom stereocenters. The number of halogens is 1. The molecule has 2 aromatic carbocycles. The number of methoxy groups -OCH3 is 1. The minimum Gasteiger partial charge on any atom is -0.496 e. The van der Waals surface area contributed by atoms with Crippen LogP contribution >= 0.6 is 15.9 Å². The van der Waals surface area contributed by atoms with Crippen molar-refractivity contribution in [3.05, 3.63) is 63.6 Å². The zero-order valence-corrected chi connectivity index (χ0v) is 21.1. The molecule has 35 heavy (non-hydrogen) atoms. The van der Waals surface area contributed by atoms with Gasteiger partial charge >= 0.3 is 0 Å². The molecule has 2 N–H and O–H groups in total. The predicted octanol–water partition coefficient (Wildman–Crippen LogP) is 3.73. The van der Waals surface area contributed by atoms with Crippen molar-refractivity contribution in [2.75, 3.05) is 7.11 Å². The van der Waals surface area contributed by atoms with E-state index in [0.29, 0.717) is 17.9 Å². The number of hydrogen-bond acceptors (Lipinski definition) is 6. The molecule has 9 heteroatoms. The van der Waals surface area contributed by atoms with Gasteiger partial charge < -0.3 is 10.5 Å². The molecule has 3 atom stereocenters. The first-order valence-corrected chi connectivity index (χ1v) is 12.7. The summed E-state index contributed by atoms with van der Waals surface area (Å²) in [6.45, 7) is 0.316. The van der Waals surface area contributed by atoms with Crippen LogP contribution in [0.1, 0.15) is 59.6 Å². The van der Waals surface area contributed by atoms with Gasteiger partial charge in [-0.05, 0) is 48.7 Å². The molecule has 2 heterocycles. The predicted molar refractivity (Wildman–Crippen MR) is 131 cm³/mol. The van der Waals surface area contributed by atoms with Crippen molar-refractivity contribution in [1.82, 2.24) is 9.96 Å². The van der Waals surface area contributed by atoms with Crippen molar-refractivity contribution in [2.24, 2.45) is 11.7 Å². The molecule has 5 rings (SSSR count). The van der Waals surface area contributed by atoms with Gasteiger partial charge in [0.25, 0.3) is 5.91 Å². The van der Waals surface area contributed by atoms with Crippen molar-refractivity contribution in [1.29, 1.82) is 0 Å². The van der Waals surface area contributed by atoms with Gasteiger partial charge in [-0.25, -0.2) is 0 Å². The third kappa shape index (κ3) is 4.37. The number of hydrogen-bond donors (Lipinski definition) is 1. The van der Waals surface area contributed by atoms with E-state index in [1.807, 2.05) is 18.2 Å². The maximum atomic E-state index is 13.8. The molecule has 8 nitrogen and oxygen atoms in total. The lowest BCUT2D eigenvalue weighted by Crippen LogP contribution is -2.44. The molecule has 3 aliphatic rings. The summed E-state index contributed by atoms with van der Waals surface area (Å²) in [6, 6.07) is 12.0. The summed E-state index contributed by atoms with van der Waals surface area (Å²) >= 11 is 3.53. The molecular formula is C26H28BrN3O5. The van der Waals surface area contributed by atoms with Gasteiger partial charge in [0.1, 0.15) is 5.75 Å². The second-order valence-electron chi connectivity index (χ2n) is 9.36. The summed E-state index contributed by atoms with van der Waals surface area (Å²) in [7, 11) is 1.59. The summed E-state index contributed by atoms with van der Waals surface area (Å²) in [5.41, 5.74) is 7.41. The first-order valence-electron chi connectivity index (χ1n) is 11.9. The average Bonchev–Trinajstić information content (AvgIpc) is 3.34. The molecular weight excluding hydrogens is 514 g/mol. The quantitative estimate of drug-likeness (QED) is 0.559. The first-order chi connectivity index (χ1) is 16.9. The van der Waals surface area contributed by atoms with Crippen LogP contribution < -0.4 is 10.5 Å². The molecule has 2 aromatic rings. The Bertz CT molecular complexity index is 1150. The van der Waals surface area contributed by atoms with E-state index in [-0.39, 0.29) is 17.9 Å². The van der Waals surface area contributed by atoms with E-state index in [4.69, 9.17) is 15.3 Å². The Kier molecular flexibility index (Phi) is 6.65. The largest absolute Gasteiger partial charge is 0.496 e. The van der Waals surface area contributed by atoms with E-state index in [1.54, 1.807) is 36.4 Å². The van der Waals surface area contributed by atoms with E-state index in [9.17, 15) is 14.4 Å². The van der Waals surface area contributed by atoms with E-state index in [2.05, 4.69) is 15.9 Å². The van der Waals surface area contributed by atoms with Crippen LogP contribution in [-0.2, 0) is 21.0 Å². The fraction of sp³-hybridized carbons (Fsp3) is 0.423. The van der Waals surface area contributed by atoms with Gasteiger partial charge in [0.2, 0.25) is 11.8 Å². The number of fused-ring (bicyclic) bond motifs is 1. The van der Waals surface area contributed by atoms with Crippen LogP contribution in [-0.4, -0.2) is 46.9 Å². The molecule has 3 amide bonds. The normalized spacial score (nSPS) is 25.2. The Labute approximate surface area is 212 Å². The van der Waals surface area contributed by atoms with Gasteiger partial charge in [-0.3, -0.25) is 24.1 Å². The van der Waals surface area contributed by atoms with Crippen molar-refractivity contribution < 1.29 is 24.0 Å². The molecule has 184 valence electrons. The molecule has 0 spiro atoms. The second-order valence-corrected chi connectivity index (χ2v) is 10.3. The third-order valence-electron chi connectivity index (χ3n) is 7.26. The lowest BCUT2D eigenvalue weighted by molar-refractivity contribution is -0.185. The molecule has 0 radical (unpaired) electrons. The number of benzene rings is 2. The summed E-state index contributed by atoms with van der Waals surface area (Å²) in [4.78, 5) is 46.4. The number of carbonyl (C=O) groups excluding carboxylic acids is 3. The summed E-state index contributed by atoms with van der Waals surface area (Å²) in [5.74, 6) is -0.979. The molecule has 0 aromatic heterocycles. The van der Waals surface area contributed by atoms with E-state index >= 15 is 0 Å². The van der Waals surface area contributed by atoms with Gasteiger partial charge in [-0.15, -0.1) is 0 Å². The number of carbonyl (C=O) groups is 3. The maximum Gasteiger partial charge on any atom is 0.261 e. The van der Waals surface area contributed by atoms with E-state index in [1.165, 1.54) is 4.90 Å². The lowest BCUT2D eigenvalue weighted by atomic mass is 9.89. The Morgan fingerprint density at radius 1 is 1.09 bits per heavy atom. The maximum absolute atomic E-state index is 13.8. The zero-order chi connectivity index (χ0) is 24.7. The number of rotatable bonds is 6. The lowest BCUT2D eigenvalue weighted by Gasteiger charge is -2.33. The standard InChI is InChI=1S/C26H28BrN3O5/c1-34-20-12-11-17(27)13-19(20)22-21-23(26(33)30(25(21)32)18-5-3-2-4-6-18)35-29(22)14-15-7-9-16(10-8-15)24(28)31/h7-13,18,21-23H,2-6,14H2,1H3,(H2,28,31). The van der Waals surface area contributed by atoms with E-state index < -0.39 is 24.0 Å². The van der Waals surface area contributed by atoms with Crippen LogP contribution in [0, 0.1) is 5.92 Å². The highest BCUT2D eigenvalue weighted by molar-refractivity contribution is 9.10. The van der Waals surface area contributed by atoms with Crippen molar-refractivity contribution in [3.63, 3.8) is 0 Å². The van der Waals surface area contributed by atoms with Crippen LogP contribution in [0.4, 0.5) is 0 Å². The molecule has 0 bridgehead atoms. The Morgan fingerprint density at radius 2 is 1.80 bits per heavy atom. The number of ether oxygens (including phenoxy) is 1. The number of primary amides is 1. The third-order valence-corrected chi connectivity index (χ3v) is 7.75. The van der Waals surface area contributed by atoms with Gasteiger partial charge in [0.05, 0.1) is 19.1 Å². The Morgan fingerprint density at radius 3 is 2.46 bits per heavy atom. The van der Waals surface area contributed by atoms with Gasteiger partial charge in [0.15, 0.2) is 6.10 Å². The smallest absolute Gasteiger partial charge is 0.261 e. The van der Waals surface area contributed by atoms with Gasteiger partial charge in [0, 0.05) is 28.2 Å². The SMILES string of the molecule is COc1ccc(Br)cc1C1C2C(=O)N(C3CCCCC3)C(=O)C2ON1Cc1ccc(C(N)=O)cc1. The molecule has 3 fully saturated rings. The number of likely N-dealkylation sites (tertiary alicyclic amines) is 1. The number of hydroxylamine groups is 2. The second kappa shape index (κ2) is 9.72. The van der Waals surface area contributed by atoms with Crippen LogP contribution in [0.5, 0.6) is 5.75 Å². The average molecular weight is 542 g/mol. The van der Waals surface area contributed by atoms with Crippen molar-refractivity contribution in [2.45, 2.75) is 56.8 Å². The number of nitrogens with zero attached hydrogens (tertiary/aromatic N) is 2. The first kappa shape index (κ1) is 24.0. The summed E-state index contributed by atoms with van der Waals surface area (Å²) in [5, 5.41) is 1.70. The number of amides is 3. The van der Waals surface area contributed by atoms with Crippen LogP contribution in [0.3, 0.4) is 0 Å². The van der Waals surface area contributed by atoms with Crippen LogP contribution in [0.15, 0.2) is 46.9 Å². The minimum atomic E-state index is -0.872. The van der Waals surface area contributed by atoms with Crippen molar-refractivity contribution in [3.8, 4) is 5.75 Å². The fourth-order valence-corrected chi connectivity index (χ4v) is 5.94. The summed E-state index contributed by atoms with van der Waals surface area (Å²) in [6.07, 6.45) is 4.00. The Hall–Kier alpha value is -2.75. The Balaban J connectivity index is 1.51. The monoisotopic (exact) mass is 541 g/mol. The highest BCUT2D eigenvalue weighted by Crippen LogP contribution is 2.49. The van der Waals surface area contributed by atoms with Crippen LogP contribution in [0.25, 0.3) is 0 Å². The summed E-state index contributed by atoms with van der Waals surface area (Å²) < 4.78 is 6.48.